The highest BCUT2D eigenvalue weighted by Gasteiger charge is 2.21. The number of nitrogens with zero attached hydrogens (tertiary/aromatic N) is 1. The van der Waals surface area contributed by atoms with Gasteiger partial charge in [0.1, 0.15) is 5.75 Å². The number of aliphatic hydroxyl groups excluding tert-OH is 1. The Labute approximate surface area is 150 Å². The minimum Gasteiger partial charge on any atom is -0.508 e. The lowest BCUT2D eigenvalue weighted by Crippen LogP contribution is -2.28. The van der Waals surface area contributed by atoms with Gasteiger partial charge in [0.25, 0.3) is 0 Å². The number of hydrogen-bond acceptors (Lipinski definition) is 4. The third kappa shape index (κ3) is 4.87. The fraction of sp³-hybridized carbons (Fsp3) is 0.368. The Morgan fingerprint density at radius 2 is 1.67 bits per heavy atom. The number of aromatic hydroxyl groups is 1. The van der Waals surface area contributed by atoms with E-state index in [4.69, 9.17) is 5.73 Å². The molecule has 0 fully saturated rings. The van der Waals surface area contributed by atoms with Gasteiger partial charge in [0, 0.05) is 36.8 Å². The summed E-state index contributed by atoms with van der Waals surface area (Å²) >= 11 is 0. The number of hydrogen-bond donors (Lipinski definition) is 3. The van der Waals surface area contributed by atoms with Crippen molar-refractivity contribution in [1.82, 2.24) is 0 Å². The van der Waals surface area contributed by atoms with Crippen molar-refractivity contribution in [3.05, 3.63) is 59.7 Å². The molecule has 0 aliphatic rings. The normalized spacial score (nSPS) is 13.0. The minimum absolute atomic E-state index is 0. The second kappa shape index (κ2) is 9.52. The molecule has 0 amide bonds. The van der Waals surface area contributed by atoms with Crippen molar-refractivity contribution >= 4 is 18.1 Å². The largest absolute Gasteiger partial charge is 0.508 e. The van der Waals surface area contributed by atoms with Crippen LogP contribution in [-0.4, -0.2) is 29.4 Å². The summed E-state index contributed by atoms with van der Waals surface area (Å²) in [5.74, 6) is 0.133. The molecule has 0 spiro atoms. The molecule has 2 rings (SSSR count). The molecule has 2 atom stereocenters. The average molecular weight is 351 g/mol. The van der Waals surface area contributed by atoms with Gasteiger partial charge in [-0.25, -0.2) is 0 Å². The molecule has 132 valence electrons. The van der Waals surface area contributed by atoms with Crippen LogP contribution in [0.4, 0.5) is 5.69 Å². The third-order valence-corrected chi connectivity index (χ3v) is 4.20. The maximum Gasteiger partial charge on any atom is 0.122 e. The first kappa shape index (κ1) is 20.3. The molecule has 0 aromatic heterocycles. The Balaban J connectivity index is 0.00000288. The first-order valence-electron chi connectivity index (χ1n) is 8.12. The van der Waals surface area contributed by atoms with E-state index >= 15 is 0 Å². The van der Waals surface area contributed by atoms with Gasteiger partial charge in [-0.15, -0.1) is 12.4 Å². The molecular weight excluding hydrogens is 324 g/mol. The fourth-order valence-corrected chi connectivity index (χ4v) is 2.79. The number of aliphatic hydroxyl groups is 1. The van der Waals surface area contributed by atoms with Gasteiger partial charge in [-0.05, 0) is 25.5 Å². The smallest absolute Gasteiger partial charge is 0.122 e. The van der Waals surface area contributed by atoms with E-state index in [1.807, 2.05) is 42.5 Å². The number of halogens is 1. The molecule has 0 radical (unpaired) electrons. The van der Waals surface area contributed by atoms with E-state index in [9.17, 15) is 10.2 Å². The Hall–Kier alpha value is -1.75. The van der Waals surface area contributed by atoms with E-state index in [1.165, 1.54) is 0 Å². The second-order valence-electron chi connectivity index (χ2n) is 5.70. The summed E-state index contributed by atoms with van der Waals surface area (Å²) in [7, 11) is 0. The van der Waals surface area contributed by atoms with Gasteiger partial charge < -0.3 is 20.8 Å². The van der Waals surface area contributed by atoms with Crippen molar-refractivity contribution in [3.8, 4) is 5.75 Å². The lowest BCUT2D eigenvalue weighted by atomic mass is 9.96. The highest BCUT2D eigenvalue weighted by molar-refractivity contribution is 5.85. The molecule has 0 unspecified atom stereocenters. The van der Waals surface area contributed by atoms with Gasteiger partial charge in [0.05, 0.1) is 12.1 Å². The van der Waals surface area contributed by atoms with Crippen LogP contribution in [0.15, 0.2) is 48.5 Å². The van der Waals surface area contributed by atoms with Crippen LogP contribution >= 0.6 is 12.4 Å². The first-order valence-corrected chi connectivity index (χ1v) is 8.12. The molecule has 2 aromatic carbocycles. The van der Waals surface area contributed by atoms with Crippen molar-refractivity contribution in [2.45, 2.75) is 32.4 Å². The average Bonchev–Trinajstić information content (AvgIpc) is 2.56. The number of rotatable bonds is 7. The monoisotopic (exact) mass is 350 g/mol. The summed E-state index contributed by atoms with van der Waals surface area (Å²) in [5, 5.41) is 20.7. The van der Waals surface area contributed by atoms with Crippen LogP contribution in [0.25, 0.3) is 0 Å². The van der Waals surface area contributed by atoms with Gasteiger partial charge in [-0.3, -0.25) is 0 Å². The minimum atomic E-state index is -0.748. The van der Waals surface area contributed by atoms with Crippen LogP contribution in [0.1, 0.15) is 31.0 Å². The highest BCUT2D eigenvalue weighted by atomic mass is 35.5. The number of benzene rings is 2. The van der Waals surface area contributed by atoms with Crippen LogP contribution in [0, 0.1) is 0 Å². The second-order valence-corrected chi connectivity index (χ2v) is 5.70. The molecule has 0 aliphatic heterocycles. The molecule has 4 nitrogen and oxygen atoms in total. The van der Waals surface area contributed by atoms with Gasteiger partial charge in [0.15, 0.2) is 0 Å². The standard InChI is InChI=1S/C19H26N2O2.ClH/c1-3-21(4-2)15-10-11-16(17(22)13-15)19(20)18(23)12-14-8-6-5-7-9-14;/h5-11,13,18-19,22-23H,3-4,12,20H2,1-2H3;1H/t18-,19+;/m0./s1. The Morgan fingerprint density at radius 3 is 2.21 bits per heavy atom. The number of nitrogens with two attached hydrogens (primary N) is 1. The van der Waals surface area contributed by atoms with Crippen LogP contribution < -0.4 is 10.6 Å². The lowest BCUT2D eigenvalue weighted by Gasteiger charge is -2.24. The molecule has 0 saturated heterocycles. The molecule has 4 N–H and O–H groups in total. The first-order chi connectivity index (χ1) is 11.1. The van der Waals surface area contributed by atoms with Crippen molar-refractivity contribution in [1.29, 1.82) is 0 Å². The summed E-state index contributed by atoms with van der Waals surface area (Å²) in [4.78, 5) is 2.15. The number of phenols is 1. The highest BCUT2D eigenvalue weighted by Crippen LogP contribution is 2.30. The van der Waals surface area contributed by atoms with Gasteiger partial charge >= 0.3 is 0 Å². The van der Waals surface area contributed by atoms with Crippen molar-refractivity contribution in [2.24, 2.45) is 5.73 Å². The third-order valence-electron chi connectivity index (χ3n) is 4.20. The van der Waals surface area contributed by atoms with E-state index < -0.39 is 12.1 Å². The number of phenolic OH excluding ortho intramolecular Hbond substituents is 1. The lowest BCUT2D eigenvalue weighted by molar-refractivity contribution is 0.144. The van der Waals surface area contributed by atoms with Gasteiger partial charge in [-0.1, -0.05) is 36.4 Å². The molecular formula is C19H27ClN2O2. The van der Waals surface area contributed by atoms with Crippen LogP contribution in [-0.2, 0) is 6.42 Å². The van der Waals surface area contributed by atoms with Crippen LogP contribution in [0.5, 0.6) is 5.75 Å². The Morgan fingerprint density at radius 1 is 1.04 bits per heavy atom. The Kier molecular flexibility index (Phi) is 8.05. The predicted molar refractivity (Wildman–Crippen MR) is 102 cm³/mol. The maximum atomic E-state index is 10.4. The molecule has 24 heavy (non-hydrogen) atoms. The van der Waals surface area contributed by atoms with E-state index in [0.29, 0.717) is 12.0 Å². The van der Waals surface area contributed by atoms with Gasteiger partial charge in [-0.2, -0.15) is 0 Å². The summed E-state index contributed by atoms with van der Waals surface area (Å²) in [6.07, 6.45) is -0.290. The molecule has 0 aliphatic carbocycles. The van der Waals surface area contributed by atoms with Crippen molar-refractivity contribution in [2.75, 3.05) is 18.0 Å². The SMILES string of the molecule is CCN(CC)c1ccc([C@@H](N)[C@@H](O)Cc2ccccc2)c(O)c1.Cl. The van der Waals surface area contributed by atoms with E-state index in [-0.39, 0.29) is 18.2 Å². The zero-order chi connectivity index (χ0) is 16.8. The topological polar surface area (TPSA) is 69.7 Å². The predicted octanol–water partition coefficient (Wildman–Crippen LogP) is 3.26. The van der Waals surface area contributed by atoms with Crippen molar-refractivity contribution < 1.29 is 10.2 Å². The van der Waals surface area contributed by atoms with Gasteiger partial charge in [0.2, 0.25) is 0 Å². The van der Waals surface area contributed by atoms with E-state index in [1.54, 1.807) is 6.07 Å². The fourth-order valence-electron chi connectivity index (χ4n) is 2.79. The van der Waals surface area contributed by atoms with Crippen LogP contribution in [0.3, 0.4) is 0 Å². The van der Waals surface area contributed by atoms with E-state index in [2.05, 4.69) is 18.7 Å². The molecule has 0 heterocycles. The molecule has 0 saturated carbocycles. The van der Waals surface area contributed by atoms with Crippen LogP contribution in [0.2, 0.25) is 0 Å². The molecule has 0 bridgehead atoms. The summed E-state index contributed by atoms with van der Waals surface area (Å²) < 4.78 is 0. The quantitative estimate of drug-likeness (QED) is 0.716. The van der Waals surface area contributed by atoms with Crippen molar-refractivity contribution in [3.63, 3.8) is 0 Å². The Bertz CT molecular complexity index is 618. The van der Waals surface area contributed by atoms with E-state index in [0.717, 1.165) is 24.3 Å². The summed E-state index contributed by atoms with van der Waals surface area (Å²) in [6.45, 7) is 5.89. The molecule has 5 heteroatoms. The maximum absolute atomic E-state index is 10.4. The summed E-state index contributed by atoms with van der Waals surface area (Å²) in [5.41, 5.74) is 8.71. The summed E-state index contributed by atoms with van der Waals surface area (Å²) in [6, 6.07) is 14.6. The zero-order valence-corrected chi connectivity index (χ0v) is 15.0. The zero-order valence-electron chi connectivity index (χ0n) is 14.2. The molecule has 2 aromatic rings. The number of anilines is 1.